The van der Waals surface area contributed by atoms with Gasteiger partial charge < -0.3 is 9.64 Å². The number of ether oxygens (including phenoxy) is 1. The predicted octanol–water partition coefficient (Wildman–Crippen LogP) is 0.882. The van der Waals surface area contributed by atoms with Gasteiger partial charge in [-0.2, -0.15) is 4.31 Å². The molecular weight excluding hydrogens is 370 g/mol. The molecule has 0 radical (unpaired) electrons. The zero-order valence-electron chi connectivity index (χ0n) is 15.8. The number of morpholine rings is 1. The fourth-order valence-corrected chi connectivity index (χ4v) is 4.09. The number of benzene rings is 1. The minimum Gasteiger partial charge on any atom is -0.378 e. The fourth-order valence-electron chi connectivity index (χ4n) is 2.95. The quantitative estimate of drug-likeness (QED) is 0.720. The van der Waals surface area contributed by atoms with Crippen molar-refractivity contribution in [2.24, 2.45) is 0 Å². The smallest absolute Gasteiger partial charge is 0.243 e. The number of likely N-dealkylation sites (N-methyl/N-ethyl adjacent to an activating group) is 1. The number of rotatable bonds is 6. The number of hydrogen-bond donors (Lipinski definition) is 0. The van der Waals surface area contributed by atoms with E-state index >= 15 is 0 Å². The molecule has 1 saturated heterocycles. The zero-order chi connectivity index (χ0) is 19.6. The van der Waals surface area contributed by atoms with Gasteiger partial charge in [0.15, 0.2) is 0 Å². The molecule has 0 bridgehead atoms. The van der Waals surface area contributed by atoms with Gasteiger partial charge in [0.25, 0.3) is 0 Å². The molecule has 1 fully saturated rings. The van der Waals surface area contributed by atoms with Crippen LogP contribution in [0.25, 0.3) is 11.0 Å². The lowest BCUT2D eigenvalue weighted by atomic mass is 10.2. The monoisotopic (exact) mass is 395 g/mol. The van der Waals surface area contributed by atoms with Crippen molar-refractivity contribution in [2.45, 2.75) is 31.2 Å². The molecule has 10 heteroatoms. The van der Waals surface area contributed by atoms with Crippen LogP contribution in [-0.2, 0) is 19.6 Å². The summed E-state index contributed by atoms with van der Waals surface area (Å²) in [5, 5.41) is 8.23. The van der Waals surface area contributed by atoms with E-state index in [1.165, 1.54) is 19.2 Å². The Kier molecular flexibility index (Phi) is 5.78. The zero-order valence-corrected chi connectivity index (χ0v) is 16.6. The van der Waals surface area contributed by atoms with Gasteiger partial charge in [0.1, 0.15) is 5.52 Å². The van der Waals surface area contributed by atoms with Gasteiger partial charge in [0.05, 0.1) is 36.2 Å². The van der Waals surface area contributed by atoms with E-state index in [1.807, 2.05) is 6.92 Å². The van der Waals surface area contributed by atoms with Crippen LogP contribution in [0.5, 0.6) is 0 Å². The number of amides is 1. The molecular formula is C17H25N5O4S. The standard InChI is InChI=1S/C17H25N5O4S/c1-4-13(2)22-16-6-5-14(11-15(16)18-19-22)27(24,25)20(3)12-17(23)21-7-9-26-10-8-21/h5-6,11,13H,4,7-10,12H2,1-3H3. The van der Waals surface area contributed by atoms with E-state index in [1.54, 1.807) is 15.6 Å². The summed E-state index contributed by atoms with van der Waals surface area (Å²) in [5.41, 5.74) is 1.31. The molecule has 1 amide bonds. The summed E-state index contributed by atoms with van der Waals surface area (Å²) in [6.07, 6.45) is 0.894. The largest absolute Gasteiger partial charge is 0.378 e. The van der Waals surface area contributed by atoms with E-state index in [0.29, 0.717) is 31.8 Å². The molecule has 3 rings (SSSR count). The maximum absolute atomic E-state index is 12.9. The van der Waals surface area contributed by atoms with E-state index in [-0.39, 0.29) is 23.4 Å². The molecule has 9 nitrogen and oxygen atoms in total. The van der Waals surface area contributed by atoms with Crippen molar-refractivity contribution in [3.05, 3.63) is 18.2 Å². The van der Waals surface area contributed by atoms with E-state index in [4.69, 9.17) is 4.74 Å². The highest BCUT2D eigenvalue weighted by molar-refractivity contribution is 7.89. The van der Waals surface area contributed by atoms with Crippen molar-refractivity contribution < 1.29 is 17.9 Å². The molecule has 1 aliphatic rings. The lowest BCUT2D eigenvalue weighted by molar-refractivity contribution is -0.135. The van der Waals surface area contributed by atoms with Crippen LogP contribution in [0.3, 0.4) is 0 Å². The van der Waals surface area contributed by atoms with Crippen LogP contribution in [0.15, 0.2) is 23.1 Å². The Morgan fingerprint density at radius 1 is 1.33 bits per heavy atom. The van der Waals surface area contributed by atoms with Gasteiger partial charge in [-0.25, -0.2) is 13.1 Å². The second kappa shape index (κ2) is 7.91. The molecule has 27 heavy (non-hydrogen) atoms. The van der Waals surface area contributed by atoms with E-state index in [2.05, 4.69) is 17.2 Å². The normalized spacial score (nSPS) is 16.8. The third-order valence-corrected chi connectivity index (χ3v) is 6.68. The SMILES string of the molecule is CCC(C)n1nnc2cc(S(=O)(=O)N(C)CC(=O)N3CCOCC3)ccc21. The third kappa shape index (κ3) is 3.97. The molecule has 1 aromatic carbocycles. The Bertz CT molecular complexity index is 921. The first-order valence-corrected chi connectivity index (χ1v) is 10.5. The molecule has 1 unspecified atom stereocenters. The number of carbonyl (C=O) groups is 1. The summed E-state index contributed by atoms with van der Waals surface area (Å²) in [7, 11) is -2.39. The van der Waals surface area contributed by atoms with E-state index < -0.39 is 10.0 Å². The third-order valence-electron chi connectivity index (χ3n) is 4.88. The van der Waals surface area contributed by atoms with Gasteiger partial charge in [-0.3, -0.25) is 4.79 Å². The molecule has 1 aliphatic heterocycles. The van der Waals surface area contributed by atoms with Gasteiger partial charge in [-0.15, -0.1) is 5.10 Å². The first kappa shape index (κ1) is 19.7. The summed E-state index contributed by atoms with van der Waals surface area (Å²) in [6, 6.07) is 4.93. The van der Waals surface area contributed by atoms with Crippen LogP contribution < -0.4 is 0 Å². The minimum atomic E-state index is -3.80. The lowest BCUT2D eigenvalue weighted by Gasteiger charge is -2.28. The van der Waals surface area contributed by atoms with Crippen LogP contribution in [0.2, 0.25) is 0 Å². The van der Waals surface area contributed by atoms with Gasteiger partial charge >= 0.3 is 0 Å². The summed E-state index contributed by atoms with van der Waals surface area (Å²) in [5.74, 6) is -0.229. The number of aromatic nitrogens is 3. The van der Waals surface area contributed by atoms with Crippen LogP contribution in [0.4, 0.5) is 0 Å². The average Bonchev–Trinajstić information content (AvgIpc) is 3.11. The van der Waals surface area contributed by atoms with E-state index in [0.717, 1.165) is 16.2 Å². The number of fused-ring (bicyclic) bond motifs is 1. The number of sulfonamides is 1. The highest BCUT2D eigenvalue weighted by Gasteiger charge is 2.27. The molecule has 0 N–H and O–H groups in total. The van der Waals surface area contributed by atoms with Crippen LogP contribution >= 0.6 is 0 Å². The van der Waals surface area contributed by atoms with Gasteiger partial charge in [0, 0.05) is 20.1 Å². The molecule has 1 atom stereocenters. The molecule has 0 aliphatic carbocycles. The number of hydrogen-bond acceptors (Lipinski definition) is 6. The van der Waals surface area contributed by atoms with Gasteiger partial charge in [-0.1, -0.05) is 12.1 Å². The van der Waals surface area contributed by atoms with Gasteiger partial charge in [0.2, 0.25) is 15.9 Å². The topological polar surface area (TPSA) is 97.6 Å². The Morgan fingerprint density at radius 3 is 2.70 bits per heavy atom. The highest BCUT2D eigenvalue weighted by Crippen LogP contribution is 2.22. The van der Waals surface area contributed by atoms with Crippen molar-refractivity contribution in [3.8, 4) is 0 Å². The molecule has 1 aromatic heterocycles. The average molecular weight is 395 g/mol. The van der Waals surface area contributed by atoms with Crippen molar-refractivity contribution in [1.29, 1.82) is 0 Å². The van der Waals surface area contributed by atoms with Crippen LogP contribution in [0.1, 0.15) is 26.3 Å². The maximum atomic E-state index is 12.9. The molecule has 2 aromatic rings. The second-order valence-electron chi connectivity index (χ2n) is 6.70. The summed E-state index contributed by atoms with van der Waals surface area (Å²) in [4.78, 5) is 14.1. The molecule has 148 valence electrons. The maximum Gasteiger partial charge on any atom is 0.243 e. The van der Waals surface area contributed by atoms with Crippen molar-refractivity contribution >= 4 is 27.0 Å². The molecule has 0 saturated carbocycles. The second-order valence-corrected chi connectivity index (χ2v) is 8.74. The first-order valence-electron chi connectivity index (χ1n) is 9.01. The van der Waals surface area contributed by atoms with Crippen molar-refractivity contribution in [3.63, 3.8) is 0 Å². The Morgan fingerprint density at radius 2 is 2.04 bits per heavy atom. The minimum absolute atomic E-state index is 0.100. The number of nitrogens with zero attached hydrogens (tertiary/aromatic N) is 5. The lowest BCUT2D eigenvalue weighted by Crippen LogP contribution is -2.46. The molecule has 2 heterocycles. The van der Waals surface area contributed by atoms with Crippen molar-refractivity contribution in [2.75, 3.05) is 39.9 Å². The van der Waals surface area contributed by atoms with Gasteiger partial charge in [-0.05, 0) is 31.5 Å². The summed E-state index contributed by atoms with van der Waals surface area (Å²) in [6.45, 7) is 5.80. The molecule has 0 spiro atoms. The first-order chi connectivity index (χ1) is 12.8. The van der Waals surface area contributed by atoms with Crippen molar-refractivity contribution in [1.82, 2.24) is 24.2 Å². The Balaban J connectivity index is 1.80. The van der Waals surface area contributed by atoms with Crippen LogP contribution in [0, 0.1) is 0 Å². The fraction of sp³-hybridized carbons (Fsp3) is 0.588. The summed E-state index contributed by atoms with van der Waals surface area (Å²) >= 11 is 0. The summed E-state index contributed by atoms with van der Waals surface area (Å²) < 4.78 is 33.8. The highest BCUT2D eigenvalue weighted by atomic mass is 32.2. The Labute approximate surface area is 158 Å². The number of carbonyl (C=O) groups excluding carboxylic acids is 1. The predicted molar refractivity (Wildman–Crippen MR) is 99.7 cm³/mol. The Hall–Kier alpha value is -2.04. The van der Waals surface area contributed by atoms with E-state index in [9.17, 15) is 13.2 Å². The van der Waals surface area contributed by atoms with Crippen LogP contribution in [-0.4, -0.2) is 78.4 Å².